The highest BCUT2D eigenvalue weighted by molar-refractivity contribution is 5.91. The Hall–Kier alpha value is -1.51. The number of aromatic amines is 1. The number of H-pyrrole nitrogens is 1. The number of hydrogen-bond donors (Lipinski definition) is 2. The Labute approximate surface area is 121 Å². The quantitative estimate of drug-likeness (QED) is 0.870. The zero-order chi connectivity index (χ0) is 14.1. The molecule has 1 saturated carbocycles. The maximum Gasteiger partial charge on any atom is 0.139 e. The van der Waals surface area contributed by atoms with E-state index < -0.39 is 0 Å². The molecule has 0 aromatic carbocycles. The first kappa shape index (κ1) is 13.5. The Kier molecular flexibility index (Phi) is 3.68. The van der Waals surface area contributed by atoms with Crippen molar-refractivity contribution < 1.29 is 0 Å². The summed E-state index contributed by atoms with van der Waals surface area (Å²) in [4.78, 5) is 7.72. The summed E-state index contributed by atoms with van der Waals surface area (Å²) in [7, 11) is 0. The van der Waals surface area contributed by atoms with Crippen LogP contribution in [0.25, 0.3) is 11.0 Å². The standard InChI is InChI=1S/C17H25N3/c1-4-13-10-19-17-14(7-8-18-17)16(13)20-15-9-11(2)5-6-12(15)3/h7-8,10-12,15H,4-6,9H2,1-3H3,(H2,18,19,20)/t11-,12-,15-/m1/s1. The highest BCUT2D eigenvalue weighted by atomic mass is 15.0. The van der Waals surface area contributed by atoms with E-state index in [1.54, 1.807) is 0 Å². The molecule has 1 aliphatic rings. The molecule has 2 N–H and O–H groups in total. The minimum Gasteiger partial charge on any atom is -0.381 e. The third-order valence-corrected chi connectivity index (χ3v) is 4.83. The lowest BCUT2D eigenvalue weighted by molar-refractivity contribution is 0.281. The predicted octanol–water partition coefficient (Wildman–Crippen LogP) is 4.36. The molecule has 0 unspecified atom stereocenters. The van der Waals surface area contributed by atoms with E-state index in [2.05, 4.69) is 42.1 Å². The number of nitrogens with one attached hydrogen (secondary N) is 2. The Bertz CT molecular complexity index is 587. The molecule has 0 amide bonds. The topological polar surface area (TPSA) is 40.7 Å². The molecule has 3 nitrogen and oxygen atoms in total. The largest absolute Gasteiger partial charge is 0.381 e. The smallest absolute Gasteiger partial charge is 0.139 e. The summed E-state index contributed by atoms with van der Waals surface area (Å²) in [6, 6.07) is 2.73. The summed E-state index contributed by atoms with van der Waals surface area (Å²) in [5, 5.41) is 5.08. The fraction of sp³-hybridized carbons (Fsp3) is 0.588. The number of nitrogens with zero attached hydrogens (tertiary/aromatic N) is 1. The highest BCUT2D eigenvalue weighted by Gasteiger charge is 2.26. The number of aryl methyl sites for hydroxylation is 1. The minimum atomic E-state index is 0.588. The van der Waals surface area contributed by atoms with Crippen LogP contribution in [0.3, 0.4) is 0 Å². The van der Waals surface area contributed by atoms with Gasteiger partial charge in [0.1, 0.15) is 5.65 Å². The average molecular weight is 271 g/mol. The fourth-order valence-electron chi connectivity index (χ4n) is 3.41. The average Bonchev–Trinajstić information content (AvgIpc) is 2.92. The first-order valence-electron chi connectivity index (χ1n) is 7.90. The molecule has 1 fully saturated rings. The van der Waals surface area contributed by atoms with Gasteiger partial charge in [-0.1, -0.05) is 27.2 Å². The Morgan fingerprint density at radius 3 is 3.00 bits per heavy atom. The van der Waals surface area contributed by atoms with E-state index in [-0.39, 0.29) is 0 Å². The van der Waals surface area contributed by atoms with Crippen molar-refractivity contribution in [2.75, 3.05) is 5.32 Å². The molecule has 0 spiro atoms. The summed E-state index contributed by atoms with van der Waals surface area (Å²) in [5.41, 5.74) is 3.61. The molecule has 2 aromatic heterocycles. The van der Waals surface area contributed by atoms with Crippen LogP contribution in [0.2, 0.25) is 0 Å². The SMILES string of the molecule is CCc1cnc2[nH]ccc2c1N[C@@H]1C[C@H](C)CC[C@H]1C. The van der Waals surface area contributed by atoms with Crippen LogP contribution in [0.15, 0.2) is 18.5 Å². The van der Waals surface area contributed by atoms with Crippen molar-refractivity contribution in [3.05, 3.63) is 24.0 Å². The van der Waals surface area contributed by atoms with Gasteiger partial charge in [-0.3, -0.25) is 0 Å². The van der Waals surface area contributed by atoms with Gasteiger partial charge in [-0.2, -0.15) is 0 Å². The lowest BCUT2D eigenvalue weighted by atomic mass is 9.80. The second kappa shape index (κ2) is 5.47. The third-order valence-electron chi connectivity index (χ3n) is 4.83. The van der Waals surface area contributed by atoms with Crippen molar-refractivity contribution in [3.63, 3.8) is 0 Å². The second-order valence-corrected chi connectivity index (χ2v) is 6.40. The minimum absolute atomic E-state index is 0.588. The molecule has 0 saturated heterocycles. The molecule has 3 rings (SSSR count). The number of pyridine rings is 1. The first-order valence-corrected chi connectivity index (χ1v) is 7.90. The van der Waals surface area contributed by atoms with Crippen molar-refractivity contribution in [2.45, 2.75) is 52.5 Å². The summed E-state index contributed by atoms with van der Waals surface area (Å²) >= 11 is 0. The van der Waals surface area contributed by atoms with Crippen molar-refractivity contribution >= 4 is 16.7 Å². The number of anilines is 1. The van der Waals surface area contributed by atoms with Crippen LogP contribution in [0, 0.1) is 11.8 Å². The Morgan fingerprint density at radius 2 is 2.20 bits per heavy atom. The molecule has 2 aromatic rings. The van der Waals surface area contributed by atoms with E-state index in [0.29, 0.717) is 6.04 Å². The predicted molar refractivity (Wildman–Crippen MR) is 85.1 cm³/mol. The molecule has 0 aliphatic heterocycles. The zero-order valence-corrected chi connectivity index (χ0v) is 12.7. The number of rotatable bonds is 3. The van der Waals surface area contributed by atoms with Gasteiger partial charge in [0.05, 0.1) is 5.69 Å². The monoisotopic (exact) mass is 271 g/mol. The van der Waals surface area contributed by atoms with Gasteiger partial charge in [-0.25, -0.2) is 4.98 Å². The van der Waals surface area contributed by atoms with Gasteiger partial charge in [0.15, 0.2) is 0 Å². The highest BCUT2D eigenvalue weighted by Crippen LogP contribution is 2.33. The van der Waals surface area contributed by atoms with E-state index in [4.69, 9.17) is 0 Å². The van der Waals surface area contributed by atoms with Gasteiger partial charge in [-0.15, -0.1) is 0 Å². The van der Waals surface area contributed by atoms with E-state index in [1.165, 1.54) is 35.9 Å². The first-order chi connectivity index (χ1) is 9.69. The Morgan fingerprint density at radius 1 is 1.35 bits per heavy atom. The lowest BCUT2D eigenvalue weighted by Gasteiger charge is -2.34. The third kappa shape index (κ3) is 2.41. The maximum atomic E-state index is 4.50. The van der Waals surface area contributed by atoms with Gasteiger partial charge >= 0.3 is 0 Å². The van der Waals surface area contributed by atoms with E-state index in [0.717, 1.165) is 23.9 Å². The number of fused-ring (bicyclic) bond motifs is 1. The van der Waals surface area contributed by atoms with Crippen LogP contribution in [-0.2, 0) is 6.42 Å². The Balaban J connectivity index is 1.94. The maximum absolute atomic E-state index is 4.50. The fourth-order valence-corrected chi connectivity index (χ4v) is 3.41. The molecule has 3 heteroatoms. The van der Waals surface area contributed by atoms with Gasteiger partial charge in [0.2, 0.25) is 0 Å². The van der Waals surface area contributed by atoms with Crippen LogP contribution < -0.4 is 5.32 Å². The van der Waals surface area contributed by atoms with Crippen LogP contribution in [0.1, 0.15) is 45.6 Å². The molecule has 0 radical (unpaired) electrons. The van der Waals surface area contributed by atoms with Crippen molar-refractivity contribution in [1.82, 2.24) is 9.97 Å². The summed E-state index contributed by atoms with van der Waals surface area (Å²) < 4.78 is 0. The van der Waals surface area contributed by atoms with Gasteiger partial charge < -0.3 is 10.3 Å². The molecule has 0 bridgehead atoms. The van der Waals surface area contributed by atoms with E-state index in [1.807, 2.05) is 12.4 Å². The number of aromatic nitrogens is 2. The van der Waals surface area contributed by atoms with E-state index >= 15 is 0 Å². The van der Waals surface area contributed by atoms with Crippen LogP contribution in [0.5, 0.6) is 0 Å². The van der Waals surface area contributed by atoms with Gasteiger partial charge in [0.25, 0.3) is 0 Å². The molecule has 20 heavy (non-hydrogen) atoms. The van der Waals surface area contributed by atoms with Crippen LogP contribution in [0.4, 0.5) is 5.69 Å². The molecule has 1 aliphatic carbocycles. The lowest BCUT2D eigenvalue weighted by Crippen LogP contribution is -2.33. The summed E-state index contributed by atoms with van der Waals surface area (Å²) in [6.45, 7) is 6.96. The molecule has 2 heterocycles. The molecule has 3 atom stereocenters. The zero-order valence-electron chi connectivity index (χ0n) is 12.7. The second-order valence-electron chi connectivity index (χ2n) is 6.40. The molecular weight excluding hydrogens is 246 g/mol. The van der Waals surface area contributed by atoms with Gasteiger partial charge in [-0.05, 0) is 42.7 Å². The normalized spacial score (nSPS) is 26.9. The molecular formula is C17H25N3. The van der Waals surface area contributed by atoms with Crippen LogP contribution >= 0.6 is 0 Å². The summed E-state index contributed by atoms with van der Waals surface area (Å²) in [6.07, 6.45) is 9.00. The van der Waals surface area contributed by atoms with E-state index in [9.17, 15) is 0 Å². The van der Waals surface area contributed by atoms with Crippen molar-refractivity contribution in [3.8, 4) is 0 Å². The molecule has 108 valence electrons. The van der Waals surface area contributed by atoms with Gasteiger partial charge in [0, 0.05) is 23.8 Å². The number of hydrogen-bond acceptors (Lipinski definition) is 2. The van der Waals surface area contributed by atoms with Crippen molar-refractivity contribution in [1.29, 1.82) is 0 Å². The summed E-state index contributed by atoms with van der Waals surface area (Å²) in [5.74, 6) is 1.58. The van der Waals surface area contributed by atoms with Crippen molar-refractivity contribution in [2.24, 2.45) is 11.8 Å². The van der Waals surface area contributed by atoms with Crippen LogP contribution in [-0.4, -0.2) is 16.0 Å².